The van der Waals surface area contributed by atoms with Crippen molar-refractivity contribution in [1.82, 2.24) is 0 Å². The van der Waals surface area contributed by atoms with E-state index in [1.54, 1.807) is 0 Å². The molecule has 24 heavy (non-hydrogen) atoms. The molecule has 0 saturated carbocycles. The van der Waals surface area contributed by atoms with Crippen LogP contribution in [-0.4, -0.2) is 17.1 Å². The molecule has 0 saturated heterocycles. The minimum Gasteiger partial charge on any atom is -0.326 e. The number of hydrogen-bond donors (Lipinski definition) is 2. The number of hydrogen-bond acceptors (Lipinski definition) is 3. The molecular weight excluding hydrogens is 435 g/mol. The molecule has 2 N–H and O–H groups in total. The first kappa shape index (κ1) is 18.8. The highest BCUT2D eigenvalue weighted by molar-refractivity contribution is 14.1. The maximum absolute atomic E-state index is 12.5. The molecule has 0 spiro atoms. The molecular formula is C18H19IN2O2S. The van der Waals surface area contributed by atoms with E-state index in [-0.39, 0.29) is 17.1 Å². The largest absolute Gasteiger partial charge is 0.326 e. The molecule has 2 aromatic carbocycles. The molecule has 4 nitrogen and oxygen atoms in total. The van der Waals surface area contributed by atoms with Gasteiger partial charge in [0.25, 0.3) is 0 Å². The molecule has 0 aliphatic rings. The summed E-state index contributed by atoms with van der Waals surface area (Å²) in [7, 11) is 0. The number of nitrogens with one attached hydrogen (secondary N) is 2. The summed E-state index contributed by atoms with van der Waals surface area (Å²) < 4.78 is 1.13. The Morgan fingerprint density at radius 3 is 2.42 bits per heavy atom. The third-order valence-electron chi connectivity index (χ3n) is 3.21. The molecule has 0 radical (unpaired) electrons. The van der Waals surface area contributed by atoms with Crippen molar-refractivity contribution < 1.29 is 9.59 Å². The van der Waals surface area contributed by atoms with Gasteiger partial charge in [-0.05, 0) is 71.5 Å². The quantitative estimate of drug-likeness (QED) is 0.489. The molecule has 0 heterocycles. The second-order valence-electron chi connectivity index (χ2n) is 5.22. The molecule has 126 valence electrons. The third kappa shape index (κ3) is 5.83. The van der Waals surface area contributed by atoms with Gasteiger partial charge in [0.15, 0.2) is 0 Å². The van der Waals surface area contributed by atoms with Gasteiger partial charge in [-0.15, -0.1) is 11.8 Å². The first-order valence-corrected chi connectivity index (χ1v) is 9.54. The standard InChI is InChI=1S/C18H19IN2O2S/c1-3-17(18(23)21-14-9-7-13(19)8-10-14)24-16-6-4-5-15(11-16)20-12(2)22/h4-11,17H,3H2,1-2H3,(H,20,22)(H,21,23). The second-order valence-corrected chi connectivity index (χ2v) is 7.74. The predicted molar refractivity (Wildman–Crippen MR) is 108 cm³/mol. The SMILES string of the molecule is CCC(Sc1cccc(NC(C)=O)c1)C(=O)Nc1ccc(I)cc1. The molecule has 0 aliphatic carbocycles. The molecule has 0 aliphatic heterocycles. The Morgan fingerprint density at radius 1 is 1.08 bits per heavy atom. The average Bonchev–Trinajstić information content (AvgIpc) is 2.54. The summed E-state index contributed by atoms with van der Waals surface area (Å²) in [6.45, 7) is 3.46. The molecule has 1 atom stereocenters. The maximum atomic E-state index is 12.5. The van der Waals surface area contributed by atoms with Crippen molar-refractivity contribution >= 4 is 57.5 Å². The van der Waals surface area contributed by atoms with Gasteiger partial charge in [0.05, 0.1) is 5.25 Å². The summed E-state index contributed by atoms with van der Waals surface area (Å²) in [5.74, 6) is -0.130. The van der Waals surface area contributed by atoms with Crippen LogP contribution in [0.5, 0.6) is 0 Å². The average molecular weight is 454 g/mol. The van der Waals surface area contributed by atoms with Crippen molar-refractivity contribution in [2.75, 3.05) is 10.6 Å². The zero-order valence-corrected chi connectivity index (χ0v) is 16.5. The van der Waals surface area contributed by atoms with Crippen LogP contribution in [0.2, 0.25) is 0 Å². The topological polar surface area (TPSA) is 58.2 Å². The number of carbonyl (C=O) groups is 2. The summed E-state index contributed by atoms with van der Waals surface area (Å²) in [5, 5.41) is 5.51. The Hall–Kier alpha value is -1.54. The zero-order valence-electron chi connectivity index (χ0n) is 13.5. The van der Waals surface area contributed by atoms with Crippen LogP contribution in [0.3, 0.4) is 0 Å². The molecule has 1 unspecified atom stereocenters. The Morgan fingerprint density at radius 2 is 1.79 bits per heavy atom. The van der Waals surface area contributed by atoms with Crippen LogP contribution in [0.1, 0.15) is 20.3 Å². The van der Waals surface area contributed by atoms with Gasteiger partial charge >= 0.3 is 0 Å². The van der Waals surface area contributed by atoms with Crippen LogP contribution in [0.15, 0.2) is 53.4 Å². The molecule has 2 rings (SSSR count). The van der Waals surface area contributed by atoms with Crippen molar-refractivity contribution in [2.45, 2.75) is 30.4 Å². The fourth-order valence-corrected chi connectivity index (χ4v) is 3.47. The first-order chi connectivity index (χ1) is 11.5. The second kappa shape index (κ2) is 9.08. The van der Waals surface area contributed by atoms with Crippen molar-refractivity contribution in [3.8, 4) is 0 Å². The van der Waals surface area contributed by atoms with Gasteiger partial charge < -0.3 is 10.6 Å². The number of rotatable bonds is 6. The number of carbonyl (C=O) groups excluding carboxylic acids is 2. The highest BCUT2D eigenvalue weighted by Crippen LogP contribution is 2.28. The summed E-state index contributed by atoms with van der Waals surface area (Å²) >= 11 is 3.73. The van der Waals surface area contributed by atoms with Crippen LogP contribution in [0.25, 0.3) is 0 Å². The van der Waals surface area contributed by atoms with Gasteiger partial charge in [0.1, 0.15) is 0 Å². The lowest BCUT2D eigenvalue weighted by atomic mass is 10.3. The lowest BCUT2D eigenvalue weighted by Gasteiger charge is -2.15. The normalized spacial score (nSPS) is 11.6. The lowest BCUT2D eigenvalue weighted by Crippen LogP contribution is -2.24. The smallest absolute Gasteiger partial charge is 0.237 e. The van der Waals surface area contributed by atoms with E-state index in [0.717, 1.165) is 19.8 Å². The number of halogens is 1. The zero-order chi connectivity index (χ0) is 17.5. The highest BCUT2D eigenvalue weighted by atomic mass is 127. The van der Waals surface area contributed by atoms with Gasteiger partial charge in [-0.2, -0.15) is 0 Å². The van der Waals surface area contributed by atoms with Gasteiger partial charge in [-0.25, -0.2) is 0 Å². The fraction of sp³-hybridized carbons (Fsp3) is 0.222. The van der Waals surface area contributed by atoms with Crippen LogP contribution < -0.4 is 10.6 Å². The van der Waals surface area contributed by atoms with E-state index in [0.29, 0.717) is 6.42 Å². The Balaban J connectivity index is 2.04. The van der Waals surface area contributed by atoms with Gasteiger partial charge in [-0.3, -0.25) is 9.59 Å². The van der Waals surface area contributed by atoms with Gasteiger partial charge in [0, 0.05) is 26.8 Å². The Bertz CT molecular complexity index is 719. The molecule has 2 amide bonds. The number of benzene rings is 2. The monoisotopic (exact) mass is 454 g/mol. The van der Waals surface area contributed by atoms with Crippen molar-refractivity contribution in [3.05, 3.63) is 52.1 Å². The summed E-state index contributed by atoms with van der Waals surface area (Å²) in [6, 6.07) is 15.2. The Labute approximate surface area is 159 Å². The van der Waals surface area contributed by atoms with Crippen molar-refractivity contribution in [2.24, 2.45) is 0 Å². The summed E-state index contributed by atoms with van der Waals surface area (Å²) in [6.07, 6.45) is 0.714. The maximum Gasteiger partial charge on any atom is 0.237 e. The van der Waals surface area contributed by atoms with Crippen LogP contribution in [0.4, 0.5) is 11.4 Å². The van der Waals surface area contributed by atoms with E-state index >= 15 is 0 Å². The van der Waals surface area contributed by atoms with Crippen LogP contribution in [0, 0.1) is 3.57 Å². The summed E-state index contributed by atoms with van der Waals surface area (Å²) in [4.78, 5) is 24.6. The van der Waals surface area contributed by atoms with E-state index in [1.807, 2.05) is 55.5 Å². The van der Waals surface area contributed by atoms with Crippen LogP contribution >= 0.6 is 34.4 Å². The lowest BCUT2D eigenvalue weighted by molar-refractivity contribution is -0.116. The van der Waals surface area contributed by atoms with Crippen molar-refractivity contribution in [1.29, 1.82) is 0 Å². The predicted octanol–water partition coefficient (Wildman–Crippen LogP) is 4.76. The minimum absolute atomic E-state index is 0.0198. The first-order valence-electron chi connectivity index (χ1n) is 7.58. The third-order valence-corrected chi connectivity index (χ3v) is 5.28. The fourth-order valence-electron chi connectivity index (χ4n) is 2.09. The molecule has 0 bridgehead atoms. The molecule has 0 fully saturated rings. The van der Waals surface area contributed by atoms with Gasteiger partial charge in [-0.1, -0.05) is 13.0 Å². The highest BCUT2D eigenvalue weighted by Gasteiger charge is 2.18. The van der Waals surface area contributed by atoms with Crippen LogP contribution in [-0.2, 0) is 9.59 Å². The Kier molecular flexibility index (Phi) is 7.11. The molecule has 0 aromatic heterocycles. The van der Waals surface area contributed by atoms with Gasteiger partial charge in [0.2, 0.25) is 11.8 Å². The van der Waals surface area contributed by atoms with E-state index in [2.05, 4.69) is 33.2 Å². The van der Waals surface area contributed by atoms with E-state index in [9.17, 15) is 9.59 Å². The number of thioether (sulfide) groups is 1. The number of anilines is 2. The summed E-state index contributed by atoms with van der Waals surface area (Å²) in [5.41, 5.74) is 1.53. The molecule has 2 aromatic rings. The molecule has 6 heteroatoms. The van der Waals surface area contributed by atoms with E-state index in [1.165, 1.54) is 18.7 Å². The van der Waals surface area contributed by atoms with E-state index < -0.39 is 0 Å². The van der Waals surface area contributed by atoms with E-state index in [4.69, 9.17) is 0 Å². The van der Waals surface area contributed by atoms with Crippen molar-refractivity contribution in [3.63, 3.8) is 0 Å². The number of amides is 2. The minimum atomic E-state index is -0.197.